The van der Waals surface area contributed by atoms with Crippen LogP contribution in [0.15, 0.2) is 63.6 Å². The molecular weight excluding hydrogens is 236 g/mol. The van der Waals surface area contributed by atoms with Gasteiger partial charge in [-0.05, 0) is 36.5 Å². The van der Waals surface area contributed by atoms with Gasteiger partial charge in [0.25, 0.3) is 0 Å². The maximum atomic E-state index is 4.52. The predicted octanol–water partition coefficient (Wildman–Crippen LogP) is 3.97. The van der Waals surface area contributed by atoms with Crippen molar-refractivity contribution in [1.82, 2.24) is 4.98 Å². The second kappa shape index (κ2) is 5.56. The fraction of sp³-hybridized carbons (Fsp3) is 0. The molecule has 0 bridgehead atoms. The van der Waals surface area contributed by atoms with Crippen molar-refractivity contribution >= 4 is 34.8 Å². The van der Waals surface area contributed by atoms with Crippen molar-refractivity contribution in [2.45, 2.75) is 9.92 Å². The van der Waals surface area contributed by atoms with Crippen LogP contribution in [-0.4, -0.2) is 10.1 Å². The van der Waals surface area contributed by atoms with Gasteiger partial charge in [0.1, 0.15) is 5.03 Å². The summed E-state index contributed by atoms with van der Waals surface area (Å²) in [4.78, 5) is 9.29. The van der Waals surface area contributed by atoms with E-state index in [1.807, 2.05) is 30.3 Å². The van der Waals surface area contributed by atoms with Crippen molar-refractivity contribution < 1.29 is 0 Å². The van der Waals surface area contributed by atoms with Crippen molar-refractivity contribution in [3.05, 3.63) is 48.7 Å². The Balaban J connectivity index is 2.14. The summed E-state index contributed by atoms with van der Waals surface area (Å²) in [6.45, 7) is 0. The molecular formula is C12H8N2S2. The largest absolute Gasteiger partial charge is 0.247 e. The lowest BCUT2D eigenvalue weighted by Crippen LogP contribution is -1.78. The first-order chi connectivity index (χ1) is 7.88. The first-order valence-electron chi connectivity index (χ1n) is 4.65. The summed E-state index contributed by atoms with van der Waals surface area (Å²) in [6.07, 6.45) is 1.69. The van der Waals surface area contributed by atoms with E-state index in [0.29, 0.717) is 0 Å². The number of hydrogen-bond acceptors (Lipinski definition) is 4. The zero-order valence-corrected chi connectivity index (χ0v) is 9.96. The van der Waals surface area contributed by atoms with Crippen LogP contribution in [0.3, 0.4) is 0 Å². The highest BCUT2D eigenvalue weighted by Gasteiger charge is 1.97. The van der Waals surface area contributed by atoms with Gasteiger partial charge in [-0.15, -0.1) is 0 Å². The Hall–Kier alpha value is -1.48. The van der Waals surface area contributed by atoms with E-state index in [1.165, 1.54) is 4.90 Å². The van der Waals surface area contributed by atoms with E-state index in [1.54, 1.807) is 18.0 Å². The number of aliphatic imine (C=N–C) groups is 1. The number of aromatic nitrogens is 1. The number of thiocarbonyl (C=S) groups is 1. The minimum absolute atomic E-state index is 0.729. The zero-order valence-electron chi connectivity index (χ0n) is 8.33. The smallest absolute Gasteiger partial charge is 0.101 e. The fourth-order valence-electron chi connectivity index (χ4n) is 1.16. The molecule has 0 aliphatic carbocycles. The number of benzene rings is 1. The molecule has 1 heterocycles. The Morgan fingerprint density at radius 3 is 2.56 bits per heavy atom. The topological polar surface area (TPSA) is 25.2 Å². The summed E-state index contributed by atoms with van der Waals surface area (Å²) in [5, 5.41) is 3.25. The molecule has 0 fully saturated rings. The molecule has 1 aromatic heterocycles. The number of rotatable bonds is 3. The molecule has 0 aliphatic rings. The Morgan fingerprint density at radius 1 is 1.12 bits per heavy atom. The SMILES string of the molecule is S=C=Nc1ccc(Sc2ccccc2)nc1. The molecule has 0 aliphatic heterocycles. The molecule has 4 heteroatoms. The summed E-state index contributed by atoms with van der Waals surface area (Å²) < 4.78 is 0. The van der Waals surface area contributed by atoms with Gasteiger partial charge in [-0.3, -0.25) is 0 Å². The molecule has 0 unspecified atom stereocenters. The molecule has 2 rings (SSSR count). The van der Waals surface area contributed by atoms with Gasteiger partial charge < -0.3 is 0 Å². The second-order valence-electron chi connectivity index (χ2n) is 2.97. The highest BCUT2D eigenvalue weighted by Crippen LogP contribution is 2.26. The summed E-state index contributed by atoms with van der Waals surface area (Å²) in [6, 6.07) is 13.9. The lowest BCUT2D eigenvalue weighted by Gasteiger charge is -1.99. The Labute approximate surface area is 103 Å². The van der Waals surface area contributed by atoms with Gasteiger partial charge in [0.15, 0.2) is 0 Å². The van der Waals surface area contributed by atoms with Crippen LogP contribution in [0.1, 0.15) is 0 Å². The van der Waals surface area contributed by atoms with E-state index in [0.717, 1.165) is 10.7 Å². The standard InChI is InChI=1S/C12H8N2S2/c15-9-14-10-6-7-12(13-8-10)16-11-4-2-1-3-5-11/h1-8H. The molecule has 0 spiro atoms. The van der Waals surface area contributed by atoms with Gasteiger partial charge >= 0.3 is 0 Å². The molecule has 0 radical (unpaired) electrons. The van der Waals surface area contributed by atoms with Crippen LogP contribution in [0, 0.1) is 0 Å². The van der Waals surface area contributed by atoms with Crippen molar-refractivity contribution in [1.29, 1.82) is 0 Å². The molecule has 0 amide bonds. The summed E-state index contributed by atoms with van der Waals surface area (Å²) >= 11 is 6.14. The Bertz CT molecular complexity index is 502. The predicted molar refractivity (Wildman–Crippen MR) is 69.5 cm³/mol. The first kappa shape index (κ1) is 11.0. The highest BCUT2D eigenvalue weighted by molar-refractivity contribution is 7.99. The number of nitrogens with zero attached hydrogens (tertiary/aromatic N) is 2. The minimum Gasteiger partial charge on any atom is -0.247 e. The molecule has 16 heavy (non-hydrogen) atoms. The van der Waals surface area contributed by atoms with E-state index in [9.17, 15) is 0 Å². The van der Waals surface area contributed by atoms with Gasteiger partial charge in [0.05, 0.1) is 17.0 Å². The lowest BCUT2D eigenvalue weighted by atomic mass is 10.4. The molecule has 2 nitrogen and oxygen atoms in total. The number of isothiocyanates is 1. The van der Waals surface area contributed by atoms with Crippen LogP contribution in [0.2, 0.25) is 0 Å². The normalized spacial score (nSPS) is 9.50. The van der Waals surface area contributed by atoms with Gasteiger partial charge in [-0.25, -0.2) is 4.98 Å². The quantitative estimate of drug-likeness (QED) is 0.603. The average molecular weight is 244 g/mol. The molecule has 0 atom stereocenters. The van der Waals surface area contributed by atoms with Crippen molar-refractivity contribution in [2.75, 3.05) is 0 Å². The van der Waals surface area contributed by atoms with Crippen LogP contribution in [0.5, 0.6) is 0 Å². The van der Waals surface area contributed by atoms with Gasteiger partial charge in [-0.1, -0.05) is 30.0 Å². The summed E-state index contributed by atoms with van der Waals surface area (Å²) in [5.74, 6) is 0. The zero-order chi connectivity index (χ0) is 11.2. The average Bonchev–Trinajstić information content (AvgIpc) is 2.33. The van der Waals surface area contributed by atoms with E-state index in [2.05, 4.69) is 39.5 Å². The second-order valence-corrected chi connectivity index (χ2v) is 4.25. The minimum atomic E-state index is 0.729. The van der Waals surface area contributed by atoms with Crippen molar-refractivity contribution in [2.24, 2.45) is 4.99 Å². The number of pyridine rings is 1. The van der Waals surface area contributed by atoms with Crippen LogP contribution in [-0.2, 0) is 0 Å². The van der Waals surface area contributed by atoms with Crippen LogP contribution >= 0.6 is 24.0 Å². The van der Waals surface area contributed by atoms with Crippen molar-refractivity contribution in [3.8, 4) is 0 Å². The van der Waals surface area contributed by atoms with Crippen molar-refractivity contribution in [3.63, 3.8) is 0 Å². The molecule has 2 aromatic rings. The third-order valence-corrected chi connectivity index (χ3v) is 2.91. The van der Waals surface area contributed by atoms with Crippen LogP contribution < -0.4 is 0 Å². The van der Waals surface area contributed by atoms with E-state index in [4.69, 9.17) is 0 Å². The molecule has 0 saturated carbocycles. The van der Waals surface area contributed by atoms with E-state index in [-0.39, 0.29) is 0 Å². The summed E-state index contributed by atoms with van der Waals surface area (Å²) in [5.41, 5.74) is 0.729. The Kier molecular flexibility index (Phi) is 3.83. The summed E-state index contributed by atoms with van der Waals surface area (Å²) in [7, 11) is 0. The van der Waals surface area contributed by atoms with Crippen LogP contribution in [0.25, 0.3) is 0 Å². The third kappa shape index (κ3) is 3.00. The van der Waals surface area contributed by atoms with Gasteiger partial charge in [-0.2, -0.15) is 4.99 Å². The molecule has 1 aromatic carbocycles. The number of hydrogen-bond donors (Lipinski definition) is 0. The first-order valence-corrected chi connectivity index (χ1v) is 5.88. The van der Waals surface area contributed by atoms with E-state index < -0.39 is 0 Å². The monoisotopic (exact) mass is 244 g/mol. The Morgan fingerprint density at radius 2 is 1.94 bits per heavy atom. The van der Waals surface area contributed by atoms with Gasteiger partial charge in [0, 0.05) is 4.90 Å². The van der Waals surface area contributed by atoms with Gasteiger partial charge in [0.2, 0.25) is 0 Å². The maximum absolute atomic E-state index is 4.52. The maximum Gasteiger partial charge on any atom is 0.101 e. The lowest BCUT2D eigenvalue weighted by molar-refractivity contribution is 1.13. The fourth-order valence-corrected chi connectivity index (χ4v) is 2.04. The van der Waals surface area contributed by atoms with E-state index >= 15 is 0 Å². The highest BCUT2D eigenvalue weighted by atomic mass is 32.2. The third-order valence-electron chi connectivity index (χ3n) is 1.86. The molecule has 78 valence electrons. The van der Waals surface area contributed by atoms with Crippen LogP contribution in [0.4, 0.5) is 5.69 Å². The molecule has 0 N–H and O–H groups in total. The molecule has 0 saturated heterocycles.